The highest BCUT2D eigenvalue weighted by atomic mass is 31.2. The fraction of sp³-hybridized carbons (Fsp3) is 0.0526. The van der Waals surface area contributed by atoms with Gasteiger partial charge in [-0.25, -0.2) is 0 Å². The molecule has 2 N–H and O–H groups in total. The van der Waals surface area contributed by atoms with Crippen LogP contribution in [0.25, 0.3) is 0 Å². The maximum Gasteiger partial charge on any atom is 0.391 e. The second kappa shape index (κ2) is 7.38. The molecule has 0 unspecified atom stereocenters. The molecule has 3 aromatic rings. The smallest absolute Gasteiger partial charge is 0.391 e. The molecule has 0 bridgehead atoms. The predicted molar refractivity (Wildman–Crippen MR) is 92.3 cm³/mol. The van der Waals surface area contributed by atoms with Gasteiger partial charge in [-0.15, -0.1) is 0 Å². The largest absolute Gasteiger partial charge is 0.427 e. The molecule has 116 valence electrons. The van der Waals surface area contributed by atoms with Crippen molar-refractivity contribution in [2.24, 2.45) is 0 Å². The van der Waals surface area contributed by atoms with Crippen LogP contribution in [0.2, 0.25) is 0 Å². The van der Waals surface area contributed by atoms with Crippen molar-refractivity contribution in [1.82, 2.24) is 0 Å². The van der Waals surface area contributed by atoms with Crippen LogP contribution in [-0.2, 0) is 0 Å². The Kier molecular flexibility index (Phi) is 5.04. The number of hydrogen-bond donors (Lipinski definition) is 2. The summed E-state index contributed by atoms with van der Waals surface area (Å²) >= 11 is 0. The Hall–Kier alpha value is -2.19. The predicted octanol–water partition coefficient (Wildman–Crippen LogP) is 4.46. The summed E-state index contributed by atoms with van der Waals surface area (Å²) < 4.78 is 5.25. The maximum absolute atomic E-state index is 9.25. The van der Waals surface area contributed by atoms with Gasteiger partial charge in [-0.05, 0) is 17.2 Å². The molecule has 0 aliphatic heterocycles. The highest BCUT2D eigenvalue weighted by molar-refractivity contribution is 7.39. The first-order valence-electron chi connectivity index (χ1n) is 7.30. The van der Waals surface area contributed by atoms with Crippen LogP contribution in [0.4, 0.5) is 0 Å². The molecular formula is C19H17O3P. The minimum Gasteiger partial charge on any atom is -0.427 e. The molecular weight excluding hydrogens is 307 g/mol. The van der Waals surface area contributed by atoms with E-state index in [-0.39, 0.29) is 5.92 Å². The van der Waals surface area contributed by atoms with E-state index in [0.29, 0.717) is 5.75 Å². The Morgan fingerprint density at radius 1 is 0.652 bits per heavy atom. The molecule has 0 atom stereocenters. The van der Waals surface area contributed by atoms with Crippen molar-refractivity contribution in [3.8, 4) is 5.75 Å². The summed E-state index contributed by atoms with van der Waals surface area (Å²) in [7, 11) is -2.46. The summed E-state index contributed by atoms with van der Waals surface area (Å²) in [6.07, 6.45) is 0. The van der Waals surface area contributed by atoms with Crippen LogP contribution in [0.5, 0.6) is 5.75 Å². The first kappa shape index (κ1) is 15.7. The van der Waals surface area contributed by atoms with Gasteiger partial charge in [0.1, 0.15) is 5.75 Å². The molecule has 0 aromatic heterocycles. The van der Waals surface area contributed by atoms with Crippen LogP contribution in [0, 0.1) is 0 Å². The third kappa shape index (κ3) is 3.77. The van der Waals surface area contributed by atoms with Crippen LogP contribution in [-0.4, -0.2) is 9.79 Å². The topological polar surface area (TPSA) is 49.7 Å². The SMILES string of the molecule is OP(O)Oc1ccccc1C(c1ccccc1)c1ccccc1. The average Bonchev–Trinajstić information content (AvgIpc) is 2.58. The van der Waals surface area contributed by atoms with Crippen molar-refractivity contribution in [3.63, 3.8) is 0 Å². The fourth-order valence-electron chi connectivity index (χ4n) is 2.73. The Bertz CT molecular complexity index is 705. The lowest BCUT2D eigenvalue weighted by atomic mass is 9.85. The van der Waals surface area contributed by atoms with E-state index in [0.717, 1.165) is 16.7 Å². The molecule has 0 aliphatic rings. The Labute approximate surface area is 136 Å². The fourth-order valence-corrected chi connectivity index (χ4v) is 3.07. The third-order valence-electron chi connectivity index (χ3n) is 3.68. The van der Waals surface area contributed by atoms with E-state index in [1.54, 1.807) is 6.07 Å². The summed E-state index contributed by atoms with van der Waals surface area (Å²) in [5, 5.41) is 0. The van der Waals surface area contributed by atoms with Crippen molar-refractivity contribution in [1.29, 1.82) is 0 Å². The minimum atomic E-state index is -2.46. The Balaban J connectivity index is 2.14. The van der Waals surface area contributed by atoms with Crippen LogP contribution < -0.4 is 4.52 Å². The number of rotatable bonds is 5. The second-order valence-corrected chi connectivity index (χ2v) is 5.82. The quantitative estimate of drug-likeness (QED) is 0.538. The molecule has 3 rings (SSSR count). The molecule has 4 heteroatoms. The van der Waals surface area contributed by atoms with Gasteiger partial charge in [-0.2, -0.15) is 0 Å². The summed E-state index contributed by atoms with van der Waals surface area (Å²) in [4.78, 5) is 18.5. The van der Waals surface area contributed by atoms with Crippen molar-refractivity contribution < 1.29 is 14.3 Å². The lowest BCUT2D eigenvalue weighted by Gasteiger charge is -2.21. The van der Waals surface area contributed by atoms with E-state index in [1.165, 1.54) is 0 Å². The van der Waals surface area contributed by atoms with Gasteiger partial charge in [0.15, 0.2) is 0 Å². The zero-order valence-electron chi connectivity index (χ0n) is 12.4. The summed E-state index contributed by atoms with van der Waals surface area (Å²) in [6, 6.07) is 27.7. The first-order chi connectivity index (χ1) is 11.3. The lowest BCUT2D eigenvalue weighted by Crippen LogP contribution is -2.05. The van der Waals surface area contributed by atoms with Gasteiger partial charge in [0.05, 0.1) is 0 Å². The van der Waals surface area contributed by atoms with Gasteiger partial charge < -0.3 is 14.3 Å². The van der Waals surface area contributed by atoms with E-state index in [2.05, 4.69) is 24.3 Å². The second-order valence-electron chi connectivity index (χ2n) is 5.14. The van der Waals surface area contributed by atoms with Crippen LogP contribution >= 0.6 is 8.60 Å². The molecule has 0 saturated heterocycles. The number of benzene rings is 3. The summed E-state index contributed by atoms with van der Waals surface area (Å²) in [5.74, 6) is 0.449. The lowest BCUT2D eigenvalue weighted by molar-refractivity contribution is 0.373. The van der Waals surface area contributed by atoms with Crippen molar-refractivity contribution >= 4 is 8.60 Å². The van der Waals surface area contributed by atoms with E-state index >= 15 is 0 Å². The maximum atomic E-state index is 9.25. The normalized spacial score (nSPS) is 11.0. The van der Waals surface area contributed by atoms with Gasteiger partial charge >= 0.3 is 8.60 Å². The molecule has 0 heterocycles. The first-order valence-corrected chi connectivity index (χ1v) is 8.47. The highest BCUT2D eigenvalue weighted by Gasteiger charge is 2.21. The monoisotopic (exact) mass is 324 g/mol. The number of hydrogen-bond acceptors (Lipinski definition) is 3. The Morgan fingerprint density at radius 3 is 1.65 bits per heavy atom. The van der Waals surface area contributed by atoms with Crippen LogP contribution in [0.15, 0.2) is 84.9 Å². The summed E-state index contributed by atoms with van der Waals surface area (Å²) in [6.45, 7) is 0. The minimum absolute atomic E-state index is 0.0384. The summed E-state index contributed by atoms with van der Waals surface area (Å²) in [5.41, 5.74) is 3.14. The Morgan fingerprint density at radius 2 is 1.13 bits per heavy atom. The van der Waals surface area contributed by atoms with E-state index in [9.17, 15) is 9.79 Å². The molecule has 0 amide bonds. The van der Waals surface area contributed by atoms with E-state index in [1.807, 2.05) is 54.6 Å². The van der Waals surface area contributed by atoms with Crippen molar-refractivity contribution in [2.75, 3.05) is 0 Å². The molecule has 0 radical (unpaired) electrons. The molecule has 23 heavy (non-hydrogen) atoms. The third-order valence-corrected chi connectivity index (χ3v) is 4.04. The van der Waals surface area contributed by atoms with Crippen molar-refractivity contribution in [3.05, 3.63) is 102 Å². The molecule has 0 spiro atoms. The zero-order chi connectivity index (χ0) is 16.1. The van der Waals surface area contributed by atoms with Gasteiger partial charge in [0, 0.05) is 11.5 Å². The molecule has 3 aromatic carbocycles. The van der Waals surface area contributed by atoms with E-state index < -0.39 is 8.60 Å². The molecule has 0 aliphatic carbocycles. The van der Waals surface area contributed by atoms with Gasteiger partial charge in [-0.3, -0.25) is 0 Å². The van der Waals surface area contributed by atoms with E-state index in [4.69, 9.17) is 4.52 Å². The average molecular weight is 324 g/mol. The molecule has 0 fully saturated rings. The molecule has 0 saturated carbocycles. The van der Waals surface area contributed by atoms with Gasteiger partial charge in [-0.1, -0.05) is 78.9 Å². The van der Waals surface area contributed by atoms with Crippen LogP contribution in [0.1, 0.15) is 22.6 Å². The highest BCUT2D eigenvalue weighted by Crippen LogP contribution is 2.40. The standard InChI is InChI=1S/C19H17O3P/c20-23(21)22-18-14-8-7-13-17(18)19(15-9-3-1-4-10-15)16-11-5-2-6-12-16/h1-14,19-21H. The molecule has 3 nitrogen and oxygen atoms in total. The van der Waals surface area contributed by atoms with Gasteiger partial charge in [0.25, 0.3) is 0 Å². The van der Waals surface area contributed by atoms with Crippen LogP contribution in [0.3, 0.4) is 0 Å². The van der Waals surface area contributed by atoms with Gasteiger partial charge in [0.2, 0.25) is 0 Å². The zero-order valence-corrected chi connectivity index (χ0v) is 13.3. The van der Waals surface area contributed by atoms with Crippen molar-refractivity contribution in [2.45, 2.75) is 5.92 Å². The number of para-hydroxylation sites is 1.